The summed E-state index contributed by atoms with van der Waals surface area (Å²) in [6, 6.07) is 48.6. The molecule has 236 valence electrons. The van der Waals surface area contributed by atoms with Gasteiger partial charge in [-0.25, -0.2) is 19.9 Å². The number of rotatable bonds is 3. The van der Waals surface area contributed by atoms with Crippen LogP contribution in [0.3, 0.4) is 0 Å². The van der Waals surface area contributed by atoms with Crippen LogP contribution in [0.4, 0.5) is 0 Å². The van der Waals surface area contributed by atoms with E-state index in [9.17, 15) is 0 Å². The molecule has 4 aromatic heterocycles. The molecule has 0 aliphatic carbocycles. The van der Waals surface area contributed by atoms with Crippen molar-refractivity contribution in [2.75, 3.05) is 0 Å². The lowest BCUT2D eigenvalue weighted by molar-refractivity contribution is 0.655. The maximum Gasteiger partial charge on any atom is 0.227 e. The van der Waals surface area contributed by atoms with Gasteiger partial charge < -0.3 is 4.42 Å². The van der Waals surface area contributed by atoms with Gasteiger partial charge in [0.1, 0.15) is 11.3 Å². The van der Waals surface area contributed by atoms with Crippen LogP contribution in [0.2, 0.25) is 0 Å². The van der Waals surface area contributed by atoms with Gasteiger partial charge in [-0.15, -0.1) is 0 Å². The quantitative estimate of drug-likeness (QED) is 0.177. The summed E-state index contributed by atoms with van der Waals surface area (Å²) in [5.74, 6) is 1.58. The Balaban J connectivity index is 1.10. The van der Waals surface area contributed by atoms with Crippen LogP contribution in [0.25, 0.3) is 110 Å². The lowest BCUT2D eigenvalue weighted by Crippen LogP contribution is -2.01. The van der Waals surface area contributed by atoms with Gasteiger partial charge in [-0.05, 0) is 96.3 Å². The molecular formula is C45H25N5O. The van der Waals surface area contributed by atoms with Crippen LogP contribution in [-0.4, -0.2) is 24.9 Å². The van der Waals surface area contributed by atoms with Crippen molar-refractivity contribution in [2.45, 2.75) is 0 Å². The van der Waals surface area contributed by atoms with Gasteiger partial charge in [-0.3, -0.25) is 4.98 Å². The lowest BCUT2D eigenvalue weighted by atomic mass is 9.93. The van der Waals surface area contributed by atoms with Crippen molar-refractivity contribution in [3.05, 3.63) is 152 Å². The number of hydrogen-bond donors (Lipinski definition) is 0. The van der Waals surface area contributed by atoms with E-state index in [-0.39, 0.29) is 0 Å². The van der Waals surface area contributed by atoms with Crippen molar-refractivity contribution in [2.24, 2.45) is 0 Å². The van der Waals surface area contributed by atoms with Crippen LogP contribution in [0.1, 0.15) is 0 Å². The first kappa shape index (κ1) is 27.9. The Bertz CT molecular complexity index is 3210. The third kappa shape index (κ3) is 4.33. The summed E-state index contributed by atoms with van der Waals surface area (Å²) < 4.78 is 6.51. The fourth-order valence-corrected chi connectivity index (χ4v) is 7.58. The highest BCUT2D eigenvalue weighted by molar-refractivity contribution is 6.28. The number of nitrogens with zero attached hydrogens (tertiary/aromatic N) is 5. The van der Waals surface area contributed by atoms with Gasteiger partial charge in [0.15, 0.2) is 17.5 Å². The molecular weight excluding hydrogens is 627 g/mol. The van der Waals surface area contributed by atoms with Gasteiger partial charge in [-0.1, -0.05) is 97.1 Å². The topological polar surface area (TPSA) is 77.6 Å². The molecule has 0 spiro atoms. The summed E-state index contributed by atoms with van der Waals surface area (Å²) >= 11 is 0. The van der Waals surface area contributed by atoms with Crippen LogP contribution in [0.5, 0.6) is 0 Å². The van der Waals surface area contributed by atoms with E-state index in [0.29, 0.717) is 28.9 Å². The predicted octanol–water partition coefficient (Wildman–Crippen LogP) is 11.3. The van der Waals surface area contributed by atoms with Crippen molar-refractivity contribution in [3.8, 4) is 34.3 Å². The molecule has 4 heterocycles. The smallest absolute Gasteiger partial charge is 0.227 e. The summed E-state index contributed by atoms with van der Waals surface area (Å²) in [6.07, 6.45) is 3.49. The number of fused-ring (bicyclic) bond motifs is 12. The fourth-order valence-electron chi connectivity index (χ4n) is 7.58. The molecule has 0 atom stereocenters. The van der Waals surface area contributed by atoms with E-state index in [4.69, 9.17) is 24.4 Å². The fraction of sp³-hybridized carbons (Fsp3) is 0. The second-order valence-electron chi connectivity index (χ2n) is 12.9. The standard InChI is InChI=1S/C45H25N5O/c1-2-8-30-26(7-1)13-14-28-23-29(15-16-31(28)30)43-48-42(27-19-21-46-22-20-27)49-44(50-43)40-18-17-36-39-24-37-34-11-5-3-9-32(34)33-10-4-6-12-35(33)38(37)25-41(39)51-45(36)47-40/h1-25H. The molecule has 0 fully saturated rings. The minimum Gasteiger partial charge on any atom is -0.438 e. The van der Waals surface area contributed by atoms with Gasteiger partial charge in [0.05, 0.1) is 0 Å². The zero-order chi connectivity index (χ0) is 33.5. The van der Waals surface area contributed by atoms with E-state index in [1.54, 1.807) is 12.4 Å². The highest BCUT2D eigenvalue weighted by Crippen LogP contribution is 2.40. The predicted molar refractivity (Wildman–Crippen MR) is 207 cm³/mol. The molecule has 6 nitrogen and oxygen atoms in total. The SMILES string of the molecule is c1ccc2c(c1)ccc1cc(-c3nc(-c4ccncc4)nc(-c4ccc5c(n4)oc4cc6c7ccccc7c7ccccc7c6cc45)n3)ccc12. The maximum atomic E-state index is 6.51. The molecule has 0 N–H and O–H groups in total. The first-order valence-corrected chi connectivity index (χ1v) is 16.9. The normalized spacial score (nSPS) is 11.9. The molecule has 0 aliphatic heterocycles. The molecule has 0 amide bonds. The van der Waals surface area contributed by atoms with Crippen molar-refractivity contribution >= 4 is 75.9 Å². The Morgan fingerprint density at radius 3 is 1.71 bits per heavy atom. The molecule has 0 aliphatic rings. The van der Waals surface area contributed by atoms with Crippen molar-refractivity contribution in [1.82, 2.24) is 24.9 Å². The number of pyridine rings is 2. The first-order chi connectivity index (χ1) is 25.2. The van der Waals surface area contributed by atoms with E-state index < -0.39 is 0 Å². The van der Waals surface area contributed by atoms with Gasteiger partial charge in [0.25, 0.3) is 0 Å². The Hall–Kier alpha value is -7.05. The third-order valence-electron chi connectivity index (χ3n) is 10.0. The molecule has 0 saturated heterocycles. The van der Waals surface area contributed by atoms with Crippen LogP contribution in [0, 0.1) is 0 Å². The van der Waals surface area contributed by atoms with E-state index in [1.807, 2.05) is 18.2 Å². The van der Waals surface area contributed by atoms with E-state index in [1.165, 1.54) is 43.1 Å². The van der Waals surface area contributed by atoms with E-state index in [0.717, 1.165) is 38.3 Å². The Kier molecular flexibility index (Phi) is 5.86. The zero-order valence-electron chi connectivity index (χ0n) is 27.1. The van der Waals surface area contributed by atoms with Crippen LogP contribution in [0.15, 0.2) is 156 Å². The first-order valence-electron chi connectivity index (χ1n) is 16.9. The van der Waals surface area contributed by atoms with Crippen molar-refractivity contribution in [1.29, 1.82) is 0 Å². The molecule has 0 saturated carbocycles. The Labute approximate surface area is 290 Å². The number of aromatic nitrogens is 5. The van der Waals surface area contributed by atoms with Gasteiger partial charge in [0.2, 0.25) is 5.71 Å². The van der Waals surface area contributed by atoms with Gasteiger partial charge >= 0.3 is 0 Å². The van der Waals surface area contributed by atoms with Crippen LogP contribution in [-0.2, 0) is 0 Å². The molecule has 7 aromatic carbocycles. The molecule has 0 bridgehead atoms. The lowest BCUT2D eigenvalue weighted by Gasteiger charge is -2.10. The molecule has 0 radical (unpaired) electrons. The van der Waals surface area contributed by atoms with E-state index >= 15 is 0 Å². The highest BCUT2D eigenvalue weighted by atomic mass is 16.3. The summed E-state index contributed by atoms with van der Waals surface area (Å²) in [6.45, 7) is 0. The molecule has 6 heteroatoms. The summed E-state index contributed by atoms with van der Waals surface area (Å²) in [4.78, 5) is 24.1. The van der Waals surface area contributed by atoms with Crippen molar-refractivity contribution in [3.63, 3.8) is 0 Å². The molecule has 51 heavy (non-hydrogen) atoms. The van der Waals surface area contributed by atoms with Gasteiger partial charge in [-0.2, -0.15) is 0 Å². The summed E-state index contributed by atoms with van der Waals surface area (Å²) in [5, 5.41) is 13.9. The largest absolute Gasteiger partial charge is 0.438 e. The number of furan rings is 1. The second kappa shape index (κ2) is 10.7. The molecule has 11 rings (SSSR count). The van der Waals surface area contributed by atoms with Crippen LogP contribution < -0.4 is 0 Å². The van der Waals surface area contributed by atoms with Crippen molar-refractivity contribution < 1.29 is 4.42 Å². The monoisotopic (exact) mass is 651 g/mol. The molecule has 11 aromatic rings. The summed E-state index contributed by atoms with van der Waals surface area (Å²) in [5.41, 5.74) is 3.68. The van der Waals surface area contributed by atoms with Crippen LogP contribution >= 0.6 is 0 Å². The average Bonchev–Trinajstić information content (AvgIpc) is 3.57. The minimum atomic E-state index is 0.468. The average molecular weight is 652 g/mol. The third-order valence-corrected chi connectivity index (χ3v) is 10.0. The zero-order valence-corrected chi connectivity index (χ0v) is 27.1. The minimum absolute atomic E-state index is 0.468. The Morgan fingerprint density at radius 1 is 0.353 bits per heavy atom. The number of hydrogen-bond acceptors (Lipinski definition) is 6. The summed E-state index contributed by atoms with van der Waals surface area (Å²) in [7, 11) is 0. The van der Waals surface area contributed by atoms with Gasteiger partial charge in [0, 0.05) is 34.3 Å². The molecule has 0 unspecified atom stereocenters. The maximum absolute atomic E-state index is 6.51. The second-order valence-corrected chi connectivity index (χ2v) is 12.9. The van der Waals surface area contributed by atoms with E-state index in [2.05, 4.69) is 126 Å². The number of benzene rings is 7. The highest BCUT2D eigenvalue weighted by Gasteiger charge is 2.18. The Morgan fingerprint density at radius 2 is 0.941 bits per heavy atom.